The molecule has 0 bridgehead atoms. The van der Waals surface area contributed by atoms with Crippen molar-refractivity contribution in [3.63, 3.8) is 0 Å². The number of para-hydroxylation sites is 1. The van der Waals surface area contributed by atoms with Gasteiger partial charge in [-0.05, 0) is 60.2 Å². The lowest BCUT2D eigenvalue weighted by Crippen LogP contribution is -2.25. The Balaban J connectivity index is 1.59. The number of ether oxygens (including phenoxy) is 2. The third-order valence-corrected chi connectivity index (χ3v) is 5.82. The third-order valence-electron chi connectivity index (χ3n) is 5.82. The molecule has 3 amide bonds. The fourth-order valence-electron chi connectivity index (χ4n) is 3.90. The molecule has 212 valence electrons. The lowest BCUT2D eigenvalue weighted by molar-refractivity contribution is -0.131. The van der Waals surface area contributed by atoms with E-state index in [9.17, 15) is 24.0 Å². The Bertz CT molecular complexity index is 1630. The summed E-state index contributed by atoms with van der Waals surface area (Å²) in [6, 6.07) is 25.8. The Hall–Kier alpha value is -5.77. The molecule has 0 fully saturated rings. The van der Waals surface area contributed by atoms with Gasteiger partial charge < -0.3 is 25.4 Å². The summed E-state index contributed by atoms with van der Waals surface area (Å²) >= 11 is 0. The average Bonchev–Trinajstić information content (AvgIpc) is 2.97. The van der Waals surface area contributed by atoms with Crippen molar-refractivity contribution in [2.24, 2.45) is 0 Å². The molecular formula is C32H27N3O7. The van der Waals surface area contributed by atoms with E-state index in [1.807, 2.05) is 30.3 Å². The van der Waals surface area contributed by atoms with Gasteiger partial charge >= 0.3 is 11.9 Å². The highest BCUT2D eigenvalue weighted by molar-refractivity contribution is 6.09. The van der Waals surface area contributed by atoms with Crippen LogP contribution in [0.2, 0.25) is 0 Å². The topological polar surface area (TPSA) is 140 Å². The van der Waals surface area contributed by atoms with Gasteiger partial charge in [0, 0.05) is 31.6 Å². The number of benzene rings is 4. The predicted octanol–water partition coefficient (Wildman–Crippen LogP) is 4.97. The summed E-state index contributed by atoms with van der Waals surface area (Å²) in [4.78, 5) is 62.0. The maximum atomic E-state index is 13.3. The molecule has 0 saturated carbocycles. The van der Waals surface area contributed by atoms with Crippen LogP contribution in [0.25, 0.3) is 0 Å². The van der Waals surface area contributed by atoms with Crippen molar-refractivity contribution >= 4 is 41.0 Å². The summed E-state index contributed by atoms with van der Waals surface area (Å²) in [7, 11) is 0. The highest BCUT2D eigenvalue weighted by Gasteiger charge is 2.20. The van der Waals surface area contributed by atoms with Crippen LogP contribution >= 0.6 is 0 Å². The molecule has 4 aromatic rings. The fraction of sp³-hybridized carbons (Fsp3) is 0.0938. The number of carbonyl (C=O) groups excluding carboxylic acids is 5. The summed E-state index contributed by atoms with van der Waals surface area (Å²) in [5.41, 5.74) is 1.92. The van der Waals surface area contributed by atoms with Crippen molar-refractivity contribution in [1.29, 1.82) is 0 Å². The van der Waals surface area contributed by atoms with E-state index in [2.05, 4.69) is 16.0 Å². The molecule has 0 heterocycles. The van der Waals surface area contributed by atoms with Gasteiger partial charge in [0.05, 0.1) is 11.3 Å². The van der Waals surface area contributed by atoms with Crippen molar-refractivity contribution in [3.8, 4) is 11.5 Å². The largest absolute Gasteiger partial charge is 0.426 e. The second-order valence-electron chi connectivity index (χ2n) is 9.07. The van der Waals surface area contributed by atoms with E-state index in [-0.39, 0.29) is 46.3 Å². The van der Waals surface area contributed by atoms with Gasteiger partial charge in [-0.1, -0.05) is 42.5 Å². The van der Waals surface area contributed by atoms with Crippen LogP contribution in [0.15, 0.2) is 97.1 Å². The van der Waals surface area contributed by atoms with Crippen LogP contribution in [0.1, 0.15) is 50.5 Å². The third kappa shape index (κ3) is 7.89. The van der Waals surface area contributed by atoms with E-state index in [4.69, 9.17) is 9.47 Å². The molecule has 10 nitrogen and oxygen atoms in total. The summed E-state index contributed by atoms with van der Waals surface area (Å²) in [5.74, 6) is -2.61. The summed E-state index contributed by atoms with van der Waals surface area (Å²) in [6.45, 7) is 2.81. The molecule has 10 heteroatoms. The van der Waals surface area contributed by atoms with E-state index < -0.39 is 23.8 Å². The second-order valence-corrected chi connectivity index (χ2v) is 9.07. The first-order valence-corrected chi connectivity index (χ1v) is 12.8. The summed E-state index contributed by atoms with van der Waals surface area (Å²) < 4.78 is 10.6. The van der Waals surface area contributed by atoms with Gasteiger partial charge in [-0.2, -0.15) is 0 Å². The van der Waals surface area contributed by atoms with Crippen LogP contribution in [0.4, 0.5) is 11.4 Å². The molecule has 0 radical (unpaired) electrons. The number of amides is 3. The quantitative estimate of drug-likeness (QED) is 0.192. The lowest BCUT2D eigenvalue weighted by Gasteiger charge is -2.14. The minimum absolute atomic E-state index is 0.0165. The number of hydrogen-bond donors (Lipinski definition) is 3. The Morgan fingerprint density at radius 3 is 2.05 bits per heavy atom. The highest BCUT2D eigenvalue weighted by atomic mass is 16.5. The first kappa shape index (κ1) is 29.2. The smallest absolute Gasteiger partial charge is 0.347 e. The normalized spacial score (nSPS) is 10.2. The van der Waals surface area contributed by atoms with E-state index >= 15 is 0 Å². The van der Waals surface area contributed by atoms with E-state index in [1.54, 1.807) is 24.3 Å². The van der Waals surface area contributed by atoms with E-state index in [1.165, 1.54) is 56.3 Å². The molecule has 0 aliphatic rings. The predicted molar refractivity (Wildman–Crippen MR) is 155 cm³/mol. The van der Waals surface area contributed by atoms with Crippen molar-refractivity contribution in [2.75, 3.05) is 10.6 Å². The molecule has 0 aliphatic carbocycles. The molecule has 0 saturated heterocycles. The van der Waals surface area contributed by atoms with Crippen LogP contribution in [-0.2, 0) is 16.1 Å². The van der Waals surface area contributed by atoms with Crippen molar-refractivity contribution in [1.82, 2.24) is 5.32 Å². The van der Waals surface area contributed by atoms with Crippen molar-refractivity contribution < 1.29 is 33.4 Å². The SMILES string of the molecule is CC(=O)Nc1ccc(C(=O)Nc2ccc(OC(=O)c3ccccc3OC(C)=O)cc2C(=O)NCc2ccccc2)cc1. The number of nitrogens with one attached hydrogen (secondary N) is 3. The van der Waals surface area contributed by atoms with Gasteiger partial charge in [-0.25, -0.2) is 4.79 Å². The van der Waals surface area contributed by atoms with Gasteiger partial charge in [0.2, 0.25) is 5.91 Å². The molecule has 0 atom stereocenters. The van der Waals surface area contributed by atoms with Crippen molar-refractivity contribution in [3.05, 3.63) is 119 Å². The fourth-order valence-corrected chi connectivity index (χ4v) is 3.90. The van der Waals surface area contributed by atoms with Crippen LogP contribution in [-0.4, -0.2) is 29.7 Å². The van der Waals surface area contributed by atoms with Crippen LogP contribution in [0.5, 0.6) is 11.5 Å². The van der Waals surface area contributed by atoms with Crippen LogP contribution in [0.3, 0.4) is 0 Å². The second kappa shape index (κ2) is 13.5. The van der Waals surface area contributed by atoms with Crippen molar-refractivity contribution in [2.45, 2.75) is 20.4 Å². The summed E-state index contributed by atoms with van der Waals surface area (Å²) in [5, 5.41) is 8.16. The number of carbonyl (C=O) groups is 5. The van der Waals surface area contributed by atoms with E-state index in [0.717, 1.165) is 5.56 Å². The molecule has 0 aliphatic heterocycles. The monoisotopic (exact) mass is 565 g/mol. The van der Waals surface area contributed by atoms with Gasteiger partial charge in [-0.3, -0.25) is 19.2 Å². The Labute approximate surface area is 241 Å². The molecular weight excluding hydrogens is 538 g/mol. The number of hydrogen-bond acceptors (Lipinski definition) is 7. The minimum atomic E-state index is -0.807. The van der Waals surface area contributed by atoms with Gasteiger partial charge in [0.25, 0.3) is 11.8 Å². The number of esters is 2. The number of rotatable bonds is 9. The zero-order chi connectivity index (χ0) is 30.1. The van der Waals surface area contributed by atoms with Crippen LogP contribution < -0.4 is 25.4 Å². The molecule has 3 N–H and O–H groups in total. The Morgan fingerprint density at radius 2 is 1.36 bits per heavy atom. The maximum absolute atomic E-state index is 13.3. The molecule has 42 heavy (non-hydrogen) atoms. The van der Waals surface area contributed by atoms with Gasteiger partial charge in [-0.15, -0.1) is 0 Å². The average molecular weight is 566 g/mol. The maximum Gasteiger partial charge on any atom is 0.347 e. The Morgan fingerprint density at radius 1 is 0.667 bits per heavy atom. The van der Waals surface area contributed by atoms with Crippen LogP contribution in [0, 0.1) is 0 Å². The molecule has 4 aromatic carbocycles. The first-order chi connectivity index (χ1) is 20.2. The molecule has 0 unspecified atom stereocenters. The molecule has 0 aromatic heterocycles. The minimum Gasteiger partial charge on any atom is -0.426 e. The zero-order valence-corrected chi connectivity index (χ0v) is 22.8. The lowest BCUT2D eigenvalue weighted by atomic mass is 10.1. The molecule has 0 spiro atoms. The number of anilines is 2. The summed E-state index contributed by atoms with van der Waals surface area (Å²) in [6.07, 6.45) is 0. The first-order valence-electron chi connectivity index (χ1n) is 12.8. The van der Waals surface area contributed by atoms with Gasteiger partial charge in [0.1, 0.15) is 17.1 Å². The molecule has 4 rings (SSSR count). The van der Waals surface area contributed by atoms with E-state index in [0.29, 0.717) is 5.69 Å². The Kier molecular flexibility index (Phi) is 9.41. The standard InChI is InChI=1S/C32H27N3O7/c1-20(36)34-24-14-12-23(13-15-24)30(38)35-28-17-16-25(18-27(28)31(39)33-19-22-8-4-3-5-9-22)42-32(40)26-10-6-7-11-29(26)41-21(2)37/h3-18H,19H2,1-2H3,(H,33,39)(H,34,36)(H,35,38). The highest BCUT2D eigenvalue weighted by Crippen LogP contribution is 2.26. The van der Waals surface area contributed by atoms with Gasteiger partial charge in [0.15, 0.2) is 0 Å². The zero-order valence-electron chi connectivity index (χ0n) is 22.8.